The number of esters is 1. The molecule has 0 saturated heterocycles. The van der Waals surface area contributed by atoms with Crippen LogP contribution in [0.15, 0.2) is 47.4 Å². The molecule has 26 heavy (non-hydrogen) atoms. The van der Waals surface area contributed by atoms with E-state index < -0.39 is 12.1 Å². The van der Waals surface area contributed by atoms with E-state index in [0.717, 1.165) is 16.0 Å². The van der Waals surface area contributed by atoms with Crippen LogP contribution in [0.4, 0.5) is 10.1 Å². The molecule has 0 aliphatic carbocycles. The highest BCUT2D eigenvalue weighted by atomic mass is 32.2. The van der Waals surface area contributed by atoms with E-state index in [0.29, 0.717) is 11.4 Å². The molecular formula is C20H22FNO3S. The summed E-state index contributed by atoms with van der Waals surface area (Å²) >= 11 is 1.43. The second-order valence-corrected chi connectivity index (χ2v) is 7.16. The van der Waals surface area contributed by atoms with Crippen LogP contribution in [-0.4, -0.2) is 23.7 Å². The van der Waals surface area contributed by atoms with E-state index in [2.05, 4.69) is 5.32 Å². The van der Waals surface area contributed by atoms with E-state index in [1.165, 1.54) is 23.9 Å². The van der Waals surface area contributed by atoms with Gasteiger partial charge in [-0.05, 0) is 56.7 Å². The van der Waals surface area contributed by atoms with Crippen molar-refractivity contribution in [3.05, 3.63) is 59.4 Å². The molecule has 0 aromatic heterocycles. The van der Waals surface area contributed by atoms with Gasteiger partial charge in [0.15, 0.2) is 6.10 Å². The Labute approximate surface area is 157 Å². The van der Waals surface area contributed by atoms with Gasteiger partial charge in [-0.1, -0.05) is 17.7 Å². The normalized spacial score (nSPS) is 11.7. The number of hydrogen-bond acceptors (Lipinski definition) is 4. The van der Waals surface area contributed by atoms with Crippen molar-refractivity contribution in [3.8, 4) is 0 Å². The third-order valence-electron chi connectivity index (χ3n) is 3.71. The second-order valence-electron chi connectivity index (χ2n) is 5.99. The highest BCUT2D eigenvalue weighted by molar-refractivity contribution is 7.99. The van der Waals surface area contributed by atoms with Crippen molar-refractivity contribution >= 4 is 29.3 Å². The van der Waals surface area contributed by atoms with Crippen LogP contribution in [-0.2, 0) is 14.3 Å². The Hall–Kier alpha value is -2.34. The summed E-state index contributed by atoms with van der Waals surface area (Å²) < 4.78 is 18.0. The van der Waals surface area contributed by atoms with Crippen molar-refractivity contribution in [2.24, 2.45) is 0 Å². The van der Waals surface area contributed by atoms with Crippen molar-refractivity contribution in [1.82, 2.24) is 0 Å². The SMILES string of the molecule is Cc1ccc(NC(=O)[C@H](C)OC(=O)CCSc2ccc(F)cc2)c(C)c1. The zero-order valence-corrected chi connectivity index (χ0v) is 15.9. The highest BCUT2D eigenvalue weighted by Gasteiger charge is 2.18. The molecule has 0 aliphatic rings. The third kappa shape index (κ3) is 6.19. The molecule has 0 bridgehead atoms. The van der Waals surface area contributed by atoms with Gasteiger partial charge in [-0.25, -0.2) is 4.39 Å². The van der Waals surface area contributed by atoms with Crippen molar-refractivity contribution in [2.75, 3.05) is 11.1 Å². The number of hydrogen-bond donors (Lipinski definition) is 1. The van der Waals surface area contributed by atoms with Crippen LogP contribution in [0.2, 0.25) is 0 Å². The summed E-state index contributed by atoms with van der Waals surface area (Å²) in [6.45, 7) is 5.43. The van der Waals surface area contributed by atoms with Gasteiger partial charge < -0.3 is 10.1 Å². The standard InChI is InChI=1S/C20H22FNO3S/c1-13-4-9-18(14(2)12-13)22-20(24)15(3)25-19(23)10-11-26-17-7-5-16(21)6-8-17/h4-9,12,15H,10-11H2,1-3H3,(H,22,24)/t15-/m0/s1. The molecule has 2 rings (SSSR count). The van der Waals surface area contributed by atoms with Crippen LogP contribution in [0.1, 0.15) is 24.5 Å². The number of benzene rings is 2. The maximum absolute atomic E-state index is 12.8. The molecule has 2 aromatic carbocycles. The highest BCUT2D eigenvalue weighted by Crippen LogP contribution is 2.19. The summed E-state index contributed by atoms with van der Waals surface area (Å²) in [6, 6.07) is 11.8. The minimum Gasteiger partial charge on any atom is -0.453 e. The lowest BCUT2D eigenvalue weighted by molar-refractivity contribution is -0.152. The van der Waals surface area contributed by atoms with Crippen LogP contribution in [0.3, 0.4) is 0 Å². The number of carbonyl (C=O) groups is 2. The minimum absolute atomic E-state index is 0.170. The predicted molar refractivity (Wildman–Crippen MR) is 102 cm³/mol. The second kappa shape index (κ2) is 9.38. The number of carbonyl (C=O) groups excluding carboxylic acids is 2. The van der Waals surface area contributed by atoms with Crippen LogP contribution in [0.5, 0.6) is 0 Å². The smallest absolute Gasteiger partial charge is 0.307 e. The molecule has 138 valence electrons. The maximum Gasteiger partial charge on any atom is 0.307 e. The lowest BCUT2D eigenvalue weighted by Crippen LogP contribution is -2.30. The molecule has 0 radical (unpaired) electrons. The fourth-order valence-corrected chi connectivity index (χ4v) is 3.11. The van der Waals surface area contributed by atoms with Gasteiger partial charge in [0, 0.05) is 16.3 Å². The molecule has 1 N–H and O–H groups in total. The summed E-state index contributed by atoms with van der Waals surface area (Å²) in [5, 5.41) is 2.77. The topological polar surface area (TPSA) is 55.4 Å². The molecule has 0 saturated carbocycles. The summed E-state index contributed by atoms with van der Waals surface area (Å²) in [6.07, 6.45) is -0.706. The largest absolute Gasteiger partial charge is 0.453 e. The number of rotatable bonds is 7. The molecular weight excluding hydrogens is 353 g/mol. The Kier molecular flexibility index (Phi) is 7.21. The van der Waals surface area contributed by atoms with Gasteiger partial charge in [0.1, 0.15) is 5.82 Å². The first-order valence-corrected chi connectivity index (χ1v) is 9.29. The van der Waals surface area contributed by atoms with Crippen molar-refractivity contribution in [3.63, 3.8) is 0 Å². The number of anilines is 1. The van der Waals surface area contributed by atoms with Crippen LogP contribution in [0.25, 0.3) is 0 Å². The molecule has 0 fully saturated rings. The van der Waals surface area contributed by atoms with Gasteiger partial charge in [0.2, 0.25) is 0 Å². The molecule has 0 aliphatic heterocycles. The van der Waals surface area contributed by atoms with Gasteiger partial charge in [0.25, 0.3) is 5.91 Å². The van der Waals surface area contributed by atoms with Crippen LogP contribution < -0.4 is 5.32 Å². The average Bonchev–Trinajstić information content (AvgIpc) is 2.59. The first kappa shape index (κ1) is 20.0. The quantitative estimate of drug-likeness (QED) is 0.572. The molecule has 0 unspecified atom stereocenters. The molecule has 6 heteroatoms. The van der Waals surface area contributed by atoms with Gasteiger partial charge in [0.05, 0.1) is 6.42 Å². The number of aryl methyl sites for hydroxylation is 2. The zero-order chi connectivity index (χ0) is 19.1. The Balaban J connectivity index is 1.76. The van der Waals surface area contributed by atoms with E-state index in [1.807, 2.05) is 32.0 Å². The number of thioether (sulfide) groups is 1. The molecule has 0 heterocycles. The molecule has 1 amide bonds. The lowest BCUT2D eigenvalue weighted by atomic mass is 10.1. The van der Waals surface area contributed by atoms with Crippen molar-refractivity contribution in [2.45, 2.75) is 38.2 Å². The first-order chi connectivity index (χ1) is 12.3. The summed E-state index contributed by atoms with van der Waals surface area (Å²) in [5.74, 6) is -0.604. The van der Waals surface area contributed by atoms with E-state index in [-0.39, 0.29) is 18.1 Å². The van der Waals surface area contributed by atoms with Crippen LogP contribution >= 0.6 is 11.8 Å². The fraction of sp³-hybridized carbons (Fsp3) is 0.300. The lowest BCUT2D eigenvalue weighted by Gasteiger charge is -2.15. The molecule has 4 nitrogen and oxygen atoms in total. The van der Waals surface area contributed by atoms with E-state index in [4.69, 9.17) is 4.74 Å². The Morgan fingerprint density at radius 2 is 1.85 bits per heavy atom. The summed E-state index contributed by atoms with van der Waals surface area (Å²) in [7, 11) is 0. The van der Waals surface area contributed by atoms with Gasteiger partial charge in [-0.15, -0.1) is 11.8 Å². The first-order valence-electron chi connectivity index (χ1n) is 8.31. The van der Waals surface area contributed by atoms with E-state index in [1.54, 1.807) is 19.1 Å². The predicted octanol–water partition coefficient (Wildman–Crippen LogP) is 4.50. The number of nitrogens with one attached hydrogen (secondary N) is 1. The fourth-order valence-electron chi connectivity index (χ4n) is 2.28. The Morgan fingerprint density at radius 3 is 2.50 bits per heavy atom. The van der Waals surface area contributed by atoms with E-state index in [9.17, 15) is 14.0 Å². The Bertz CT molecular complexity index is 777. The van der Waals surface area contributed by atoms with Crippen molar-refractivity contribution in [1.29, 1.82) is 0 Å². The monoisotopic (exact) mass is 375 g/mol. The molecule has 2 aromatic rings. The summed E-state index contributed by atoms with van der Waals surface area (Å²) in [4.78, 5) is 24.9. The molecule has 0 spiro atoms. The Morgan fingerprint density at radius 1 is 1.15 bits per heavy atom. The number of amides is 1. The zero-order valence-electron chi connectivity index (χ0n) is 15.0. The average molecular weight is 375 g/mol. The van der Waals surface area contributed by atoms with Crippen LogP contribution in [0, 0.1) is 19.7 Å². The van der Waals surface area contributed by atoms with Gasteiger partial charge in [-0.3, -0.25) is 9.59 Å². The van der Waals surface area contributed by atoms with Gasteiger partial charge in [-0.2, -0.15) is 0 Å². The third-order valence-corrected chi connectivity index (χ3v) is 4.72. The maximum atomic E-state index is 12.8. The van der Waals surface area contributed by atoms with E-state index >= 15 is 0 Å². The summed E-state index contributed by atoms with van der Waals surface area (Å²) in [5.41, 5.74) is 2.77. The minimum atomic E-state index is -0.876. The molecule has 1 atom stereocenters. The number of halogens is 1. The van der Waals surface area contributed by atoms with Gasteiger partial charge >= 0.3 is 5.97 Å². The number of ether oxygens (including phenoxy) is 1. The van der Waals surface area contributed by atoms with Crippen molar-refractivity contribution < 1.29 is 18.7 Å².